The Morgan fingerprint density at radius 1 is 1.46 bits per heavy atom. The maximum Gasteiger partial charge on any atom is 0.296 e. The maximum atomic E-state index is 10.8. The quantitative estimate of drug-likeness (QED) is 0.597. The van der Waals surface area contributed by atoms with Crippen molar-refractivity contribution in [1.29, 1.82) is 0 Å². The average Bonchev–Trinajstić information content (AvgIpc) is 1.94. The highest BCUT2D eigenvalue weighted by atomic mass is 79.9. The van der Waals surface area contributed by atoms with Crippen LogP contribution in [0.4, 0.5) is 5.69 Å². The molecule has 4 nitrogen and oxygen atoms in total. The van der Waals surface area contributed by atoms with Gasteiger partial charge in [0.25, 0.3) is 10.1 Å². The van der Waals surface area contributed by atoms with E-state index in [1.54, 1.807) is 6.92 Å². The second kappa shape index (κ2) is 3.28. The Hall–Kier alpha value is -0.590. The predicted octanol–water partition coefficient (Wildman–Crippen LogP) is 1.59. The van der Waals surface area contributed by atoms with Crippen LogP contribution in [-0.2, 0) is 10.1 Å². The minimum Gasteiger partial charge on any atom is -0.398 e. The lowest BCUT2D eigenvalue weighted by molar-refractivity contribution is 0.483. The van der Waals surface area contributed by atoms with E-state index in [4.69, 9.17) is 10.3 Å². The third-order valence-electron chi connectivity index (χ3n) is 1.57. The molecule has 6 heteroatoms. The molecule has 0 saturated carbocycles. The molecule has 0 fully saturated rings. The van der Waals surface area contributed by atoms with Crippen molar-refractivity contribution in [3.8, 4) is 0 Å². The fourth-order valence-corrected chi connectivity index (χ4v) is 2.03. The molecule has 72 valence electrons. The molecule has 0 atom stereocenters. The van der Waals surface area contributed by atoms with Gasteiger partial charge in [0.1, 0.15) is 4.90 Å². The van der Waals surface area contributed by atoms with Gasteiger partial charge in [0, 0.05) is 4.47 Å². The Morgan fingerprint density at radius 2 is 2.00 bits per heavy atom. The molecule has 0 saturated heterocycles. The summed E-state index contributed by atoms with van der Waals surface area (Å²) < 4.78 is 30.9. The predicted molar refractivity (Wildman–Crippen MR) is 53.1 cm³/mol. The fraction of sp³-hybridized carbons (Fsp3) is 0.143. The Labute approximate surface area is 84.6 Å². The Bertz CT molecular complexity index is 441. The van der Waals surface area contributed by atoms with E-state index in [2.05, 4.69) is 15.9 Å². The van der Waals surface area contributed by atoms with Crippen molar-refractivity contribution >= 4 is 31.7 Å². The number of hydrogen-bond donors (Lipinski definition) is 2. The normalized spacial score (nSPS) is 11.6. The third kappa shape index (κ3) is 2.20. The van der Waals surface area contributed by atoms with Crippen LogP contribution in [0, 0.1) is 6.92 Å². The van der Waals surface area contributed by atoms with Gasteiger partial charge in [0.15, 0.2) is 0 Å². The van der Waals surface area contributed by atoms with Gasteiger partial charge in [0.05, 0.1) is 5.69 Å². The van der Waals surface area contributed by atoms with E-state index >= 15 is 0 Å². The number of halogens is 1. The monoisotopic (exact) mass is 265 g/mol. The smallest absolute Gasteiger partial charge is 0.296 e. The van der Waals surface area contributed by atoms with Gasteiger partial charge in [-0.25, -0.2) is 0 Å². The topological polar surface area (TPSA) is 80.4 Å². The Morgan fingerprint density at radius 3 is 2.46 bits per heavy atom. The molecule has 0 unspecified atom stereocenters. The summed E-state index contributed by atoms with van der Waals surface area (Å²) in [7, 11) is -4.23. The average molecular weight is 266 g/mol. The first-order valence-electron chi connectivity index (χ1n) is 3.35. The molecule has 0 aliphatic carbocycles. The molecular formula is C7H8BrNO3S. The number of rotatable bonds is 1. The SMILES string of the molecule is Cc1cc(N)c(S(=O)(=O)O)cc1Br. The first-order chi connectivity index (χ1) is 5.82. The van der Waals surface area contributed by atoms with Crippen LogP contribution in [-0.4, -0.2) is 13.0 Å². The van der Waals surface area contributed by atoms with E-state index in [-0.39, 0.29) is 10.6 Å². The van der Waals surface area contributed by atoms with Crippen LogP contribution in [0.2, 0.25) is 0 Å². The molecule has 1 aromatic rings. The van der Waals surface area contributed by atoms with E-state index in [0.717, 1.165) is 5.56 Å². The van der Waals surface area contributed by atoms with Crippen LogP contribution in [0.15, 0.2) is 21.5 Å². The Kier molecular flexibility index (Phi) is 2.65. The molecule has 1 aromatic carbocycles. The minimum atomic E-state index is -4.23. The van der Waals surface area contributed by atoms with Gasteiger partial charge >= 0.3 is 0 Å². The molecular weight excluding hydrogens is 258 g/mol. The van der Waals surface area contributed by atoms with Gasteiger partial charge in [-0.05, 0) is 24.6 Å². The van der Waals surface area contributed by atoms with Gasteiger partial charge in [-0.3, -0.25) is 4.55 Å². The van der Waals surface area contributed by atoms with E-state index in [9.17, 15) is 8.42 Å². The van der Waals surface area contributed by atoms with Crippen LogP contribution in [0.25, 0.3) is 0 Å². The number of nitrogens with two attached hydrogens (primary N) is 1. The van der Waals surface area contributed by atoms with E-state index in [0.29, 0.717) is 4.47 Å². The molecule has 0 bridgehead atoms. The summed E-state index contributed by atoms with van der Waals surface area (Å²) in [5.41, 5.74) is 6.27. The fourth-order valence-electron chi connectivity index (χ4n) is 0.909. The van der Waals surface area contributed by atoms with E-state index in [1.807, 2.05) is 0 Å². The molecule has 0 spiro atoms. The maximum absolute atomic E-state index is 10.8. The second-order valence-electron chi connectivity index (χ2n) is 2.61. The highest BCUT2D eigenvalue weighted by Crippen LogP contribution is 2.26. The van der Waals surface area contributed by atoms with Crippen LogP contribution >= 0.6 is 15.9 Å². The Balaban J connectivity index is 3.50. The highest BCUT2D eigenvalue weighted by molar-refractivity contribution is 9.10. The number of hydrogen-bond acceptors (Lipinski definition) is 3. The largest absolute Gasteiger partial charge is 0.398 e. The summed E-state index contributed by atoms with van der Waals surface area (Å²) in [4.78, 5) is -0.273. The molecule has 1 rings (SSSR count). The summed E-state index contributed by atoms with van der Waals surface area (Å²) in [5.74, 6) is 0. The molecule has 0 amide bonds. The highest BCUT2D eigenvalue weighted by Gasteiger charge is 2.14. The van der Waals surface area contributed by atoms with Crippen LogP contribution < -0.4 is 5.73 Å². The van der Waals surface area contributed by atoms with Crippen molar-refractivity contribution in [2.75, 3.05) is 5.73 Å². The van der Waals surface area contributed by atoms with Crippen LogP contribution in [0.1, 0.15) is 5.56 Å². The van der Waals surface area contributed by atoms with Gasteiger partial charge in [0.2, 0.25) is 0 Å². The van der Waals surface area contributed by atoms with E-state index in [1.165, 1.54) is 12.1 Å². The van der Waals surface area contributed by atoms with Gasteiger partial charge in [-0.15, -0.1) is 0 Å². The second-order valence-corrected chi connectivity index (χ2v) is 4.86. The lowest BCUT2D eigenvalue weighted by Crippen LogP contribution is -2.03. The van der Waals surface area contributed by atoms with E-state index < -0.39 is 10.1 Å². The zero-order valence-corrected chi connectivity index (χ0v) is 9.18. The summed E-state index contributed by atoms with van der Waals surface area (Å²) in [6.45, 7) is 1.77. The molecule has 0 aliphatic rings. The lowest BCUT2D eigenvalue weighted by atomic mass is 10.2. The van der Waals surface area contributed by atoms with Gasteiger partial charge in [-0.1, -0.05) is 15.9 Å². The number of benzene rings is 1. The molecule has 0 radical (unpaired) electrons. The van der Waals surface area contributed by atoms with Crippen molar-refractivity contribution < 1.29 is 13.0 Å². The zero-order chi connectivity index (χ0) is 10.2. The molecule has 13 heavy (non-hydrogen) atoms. The number of nitrogen functional groups attached to an aromatic ring is 1. The van der Waals surface area contributed by atoms with Crippen LogP contribution in [0.3, 0.4) is 0 Å². The number of anilines is 1. The number of aryl methyl sites for hydroxylation is 1. The van der Waals surface area contributed by atoms with Gasteiger partial charge in [-0.2, -0.15) is 8.42 Å². The molecule has 0 heterocycles. The third-order valence-corrected chi connectivity index (χ3v) is 3.33. The lowest BCUT2D eigenvalue weighted by Gasteiger charge is -2.05. The first kappa shape index (κ1) is 10.5. The summed E-state index contributed by atoms with van der Waals surface area (Å²) in [5, 5.41) is 0. The van der Waals surface area contributed by atoms with Crippen molar-refractivity contribution in [2.24, 2.45) is 0 Å². The van der Waals surface area contributed by atoms with Crippen molar-refractivity contribution in [2.45, 2.75) is 11.8 Å². The summed E-state index contributed by atoms with van der Waals surface area (Å²) >= 11 is 3.14. The van der Waals surface area contributed by atoms with Gasteiger partial charge < -0.3 is 5.73 Å². The standard InChI is InChI=1S/C7H8BrNO3S/c1-4-2-6(9)7(3-5(4)8)13(10,11)12/h2-3H,9H2,1H3,(H,10,11,12). The minimum absolute atomic E-state index is 0.0446. The summed E-state index contributed by atoms with van der Waals surface area (Å²) in [6, 6.07) is 2.76. The summed E-state index contributed by atoms with van der Waals surface area (Å²) in [6.07, 6.45) is 0. The van der Waals surface area contributed by atoms with Crippen molar-refractivity contribution in [1.82, 2.24) is 0 Å². The van der Waals surface area contributed by atoms with Crippen molar-refractivity contribution in [3.63, 3.8) is 0 Å². The molecule has 0 aromatic heterocycles. The van der Waals surface area contributed by atoms with Crippen molar-refractivity contribution in [3.05, 3.63) is 22.2 Å². The van der Waals surface area contributed by atoms with Crippen LogP contribution in [0.5, 0.6) is 0 Å². The first-order valence-corrected chi connectivity index (χ1v) is 5.59. The molecule has 3 N–H and O–H groups in total. The molecule has 0 aliphatic heterocycles. The zero-order valence-electron chi connectivity index (χ0n) is 6.78.